The molecule has 2 aromatic rings. The minimum Gasteiger partial charge on any atom is -0.267 e. The second-order valence-corrected chi connectivity index (χ2v) is 6.15. The summed E-state index contributed by atoms with van der Waals surface area (Å²) < 4.78 is 61.7. The number of hydrogen-bond donors (Lipinski definition) is 0. The van der Waals surface area contributed by atoms with E-state index in [-0.39, 0.29) is 10.9 Å². The molecule has 9 heteroatoms. The van der Waals surface area contributed by atoms with Gasteiger partial charge in [0.15, 0.2) is 0 Å². The van der Waals surface area contributed by atoms with Gasteiger partial charge in [-0.25, -0.2) is 8.42 Å². The van der Waals surface area contributed by atoms with Gasteiger partial charge >= 0.3 is 6.18 Å². The molecule has 1 aromatic heterocycles. The van der Waals surface area contributed by atoms with Crippen LogP contribution in [0.4, 0.5) is 13.2 Å². The molecule has 98 valence electrons. The van der Waals surface area contributed by atoms with Crippen molar-refractivity contribution in [2.24, 2.45) is 7.05 Å². The van der Waals surface area contributed by atoms with E-state index in [0.717, 1.165) is 16.9 Å². The molecule has 18 heavy (non-hydrogen) atoms. The topological polar surface area (TPSA) is 52.0 Å². The van der Waals surface area contributed by atoms with Gasteiger partial charge in [-0.1, -0.05) is 0 Å². The number of alkyl halides is 3. The number of fused-ring (bicyclic) bond motifs is 1. The second-order valence-electron chi connectivity index (χ2n) is 3.62. The van der Waals surface area contributed by atoms with Gasteiger partial charge in [0.25, 0.3) is 9.05 Å². The summed E-state index contributed by atoms with van der Waals surface area (Å²) in [4.78, 5) is -0.603. The maximum atomic E-state index is 12.6. The van der Waals surface area contributed by atoms with Crippen LogP contribution < -0.4 is 0 Å². The monoisotopic (exact) mass is 298 g/mol. The van der Waals surface area contributed by atoms with Gasteiger partial charge in [-0.2, -0.15) is 18.3 Å². The van der Waals surface area contributed by atoms with Crippen LogP contribution in [0.5, 0.6) is 0 Å². The fourth-order valence-electron chi connectivity index (χ4n) is 1.63. The Kier molecular flexibility index (Phi) is 2.82. The van der Waals surface area contributed by atoms with Crippen LogP contribution in [-0.4, -0.2) is 18.2 Å². The molecule has 2 rings (SSSR count). The average Bonchev–Trinajstić information content (AvgIpc) is 2.56. The van der Waals surface area contributed by atoms with Crippen molar-refractivity contribution in [3.05, 3.63) is 23.9 Å². The first-order valence-electron chi connectivity index (χ1n) is 4.58. The van der Waals surface area contributed by atoms with Gasteiger partial charge in [0, 0.05) is 23.1 Å². The number of hydrogen-bond acceptors (Lipinski definition) is 3. The van der Waals surface area contributed by atoms with E-state index in [1.54, 1.807) is 0 Å². The van der Waals surface area contributed by atoms with Crippen LogP contribution in [0.3, 0.4) is 0 Å². The largest absolute Gasteiger partial charge is 0.416 e. The zero-order valence-electron chi connectivity index (χ0n) is 8.86. The number of rotatable bonds is 1. The van der Waals surface area contributed by atoms with Crippen molar-refractivity contribution in [3.8, 4) is 0 Å². The van der Waals surface area contributed by atoms with E-state index in [1.165, 1.54) is 7.05 Å². The Hall–Kier alpha value is -1.28. The Morgan fingerprint density at radius 2 is 1.94 bits per heavy atom. The zero-order valence-corrected chi connectivity index (χ0v) is 10.4. The fraction of sp³-hybridized carbons (Fsp3) is 0.222. The maximum Gasteiger partial charge on any atom is 0.416 e. The third-order valence-electron chi connectivity index (χ3n) is 2.39. The lowest BCUT2D eigenvalue weighted by Crippen LogP contribution is -2.07. The van der Waals surface area contributed by atoms with Crippen molar-refractivity contribution in [2.75, 3.05) is 0 Å². The molecule has 0 aliphatic rings. The molecule has 0 spiro atoms. The highest BCUT2D eigenvalue weighted by Gasteiger charge is 2.33. The Bertz CT molecular complexity index is 721. The Balaban J connectivity index is 2.92. The third kappa shape index (κ3) is 2.17. The van der Waals surface area contributed by atoms with Gasteiger partial charge in [-0.05, 0) is 12.1 Å². The van der Waals surface area contributed by atoms with Crippen LogP contribution >= 0.6 is 10.7 Å². The molecule has 0 saturated heterocycles. The van der Waals surface area contributed by atoms with E-state index in [4.69, 9.17) is 10.7 Å². The highest BCUT2D eigenvalue weighted by atomic mass is 35.7. The molecule has 0 bridgehead atoms. The SMILES string of the molecule is Cn1ncc2cc(C(F)(F)F)cc(S(=O)(=O)Cl)c21. The fourth-order valence-corrected chi connectivity index (χ4v) is 2.73. The number of aromatic nitrogens is 2. The quantitative estimate of drug-likeness (QED) is 0.760. The lowest BCUT2D eigenvalue weighted by molar-refractivity contribution is -0.137. The van der Waals surface area contributed by atoms with Gasteiger partial charge in [0.2, 0.25) is 0 Å². The number of aryl methyl sites for hydroxylation is 1. The van der Waals surface area contributed by atoms with E-state index in [9.17, 15) is 21.6 Å². The van der Waals surface area contributed by atoms with Crippen LogP contribution in [0, 0.1) is 0 Å². The van der Waals surface area contributed by atoms with E-state index in [2.05, 4.69) is 5.10 Å². The van der Waals surface area contributed by atoms with Crippen molar-refractivity contribution in [1.82, 2.24) is 9.78 Å². The number of nitrogens with zero attached hydrogens (tertiary/aromatic N) is 2. The number of halogens is 4. The van der Waals surface area contributed by atoms with Crippen LogP contribution in [0.1, 0.15) is 5.56 Å². The lowest BCUT2D eigenvalue weighted by atomic mass is 10.1. The van der Waals surface area contributed by atoms with Crippen molar-refractivity contribution >= 4 is 30.6 Å². The molecule has 1 aromatic carbocycles. The van der Waals surface area contributed by atoms with Gasteiger partial charge in [-0.3, -0.25) is 4.68 Å². The summed E-state index contributed by atoms with van der Waals surface area (Å²) in [5, 5.41) is 3.78. The third-order valence-corrected chi connectivity index (χ3v) is 3.72. The summed E-state index contributed by atoms with van der Waals surface area (Å²) >= 11 is 0. The molecule has 0 saturated carbocycles. The van der Waals surface area contributed by atoms with Crippen LogP contribution in [0.2, 0.25) is 0 Å². The predicted molar refractivity (Wildman–Crippen MR) is 58.8 cm³/mol. The number of benzene rings is 1. The molecule has 0 fully saturated rings. The summed E-state index contributed by atoms with van der Waals surface area (Å²) in [6, 6.07) is 1.33. The molecule has 4 nitrogen and oxygen atoms in total. The molecule has 0 atom stereocenters. The molecule has 0 unspecified atom stereocenters. The van der Waals surface area contributed by atoms with Crippen molar-refractivity contribution in [1.29, 1.82) is 0 Å². The molecular weight excluding hydrogens is 293 g/mol. The summed E-state index contributed by atoms with van der Waals surface area (Å²) in [6.07, 6.45) is -3.50. The van der Waals surface area contributed by atoms with Gasteiger partial charge in [0.05, 0.1) is 17.3 Å². The lowest BCUT2D eigenvalue weighted by Gasteiger charge is -2.09. The summed E-state index contributed by atoms with van der Waals surface area (Å²) in [7, 11) is 2.28. The highest BCUT2D eigenvalue weighted by Crippen LogP contribution is 2.35. The average molecular weight is 299 g/mol. The van der Waals surface area contributed by atoms with Crippen LogP contribution in [-0.2, 0) is 22.3 Å². The van der Waals surface area contributed by atoms with E-state index < -0.39 is 25.7 Å². The molecular formula is C9H6ClF3N2O2S. The highest BCUT2D eigenvalue weighted by molar-refractivity contribution is 8.14. The minimum absolute atomic E-state index is 0.0398. The Morgan fingerprint density at radius 3 is 2.44 bits per heavy atom. The van der Waals surface area contributed by atoms with Crippen LogP contribution in [0.15, 0.2) is 23.2 Å². The first-order valence-corrected chi connectivity index (χ1v) is 6.89. The predicted octanol–water partition coefficient (Wildman–Crippen LogP) is 2.52. The van der Waals surface area contributed by atoms with Crippen molar-refractivity contribution in [3.63, 3.8) is 0 Å². The molecule has 0 radical (unpaired) electrons. The van der Waals surface area contributed by atoms with Crippen LogP contribution in [0.25, 0.3) is 10.9 Å². The smallest absolute Gasteiger partial charge is 0.267 e. The zero-order chi connectivity index (χ0) is 13.7. The standard InChI is InChI=1S/C9H6ClF3N2O2S/c1-15-8-5(4-14-15)2-6(9(11,12)13)3-7(8)18(10,16)17/h2-4H,1H3. The Morgan fingerprint density at radius 1 is 1.33 bits per heavy atom. The summed E-state index contributed by atoms with van der Waals surface area (Å²) in [6.45, 7) is 0. The molecule has 0 amide bonds. The normalized spacial score (nSPS) is 13.2. The first-order chi connectivity index (χ1) is 8.10. The van der Waals surface area contributed by atoms with E-state index >= 15 is 0 Å². The van der Waals surface area contributed by atoms with Gasteiger partial charge in [0.1, 0.15) is 4.90 Å². The maximum absolute atomic E-state index is 12.6. The Labute approximate surface area is 104 Å². The molecule has 0 N–H and O–H groups in total. The molecule has 0 aliphatic carbocycles. The first kappa shape index (κ1) is 13.2. The molecule has 1 heterocycles. The second kappa shape index (κ2) is 3.86. The van der Waals surface area contributed by atoms with Gasteiger partial charge in [-0.15, -0.1) is 0 Å². The van der Waals surface area contributed by atoms with Crippen molar-refractivity contribution in [2.45, 2.75) is 11.1 Å². The van der Waals surface area contributed by atoms with E-state index in [0.29, 0.717) is 6.07 Å². The summed E-state index contributed by atoms with van der Waals surface area (Å²) in [5.74, 6) is 0. The van der Waals surface area contributed by atoms with E-state index in [1.807, 2.05) is 0 Å². The van der Waals surface area contributed by atoms with Crippen molar-refractivity contribution < 1.29 is 21.6 Å². The molecule has 0 aliphatic heterocycles. The summed E-state index contributed by atoms with van der Waals surface area (Å²) in [5.41, 5.74) is -1.04. The minimum atomic E-state index is -4.65. The van der Waals surface area contributed by atoms with Gasteiger partial charge < -0.3 is 0 Å².